The van der Waals surface area contributed by atoms with Gasteiger partial charge < -0.3 is 0 Å². The van der Waals surface area contributed by atoms with Crippen molar-refractivity contribution in [1.82, 2.24) is 0 Å². The summed E-state index contributed by atoms with van der Waals surface area (Å²) in [5, 5.41) is 0. The molecule has 0 spiro atoms. The van der Waals surface area contributed by atoms with Gasteiger partial charge in [0.15, 0.2) is 0 Å². The highest BCUT2D eigenvalue weighted by molar-refractivity contribution is 14.1. The molecule has 1 aromatic carbocycles. The molecule has 1 rings (SSSR count). The SMILES string of the molecule is Cc1cc(C(C)(C)I)cc(C)c1C. The minimum atomic E-state index is 0.237. The van der Waals surface area contributed by atoms with Gasteiger partial charge in [0.05, 0.1) is 0 Å². The van der Waals surface area contributed by atoms with Crippen molar-refractivity contribution < 1.29 is 0 Å². The highest BCUT2D eigenvalue weighted by Crippen LogP contribution is 2.32. The number of halogens is 1. The average Bonchev–Trinajstić information content (AvgIpc) is 1.97. The zero-order chi connectivity index (χ0) is 10.2. The summed E-state index contributed by atoms with van der Waals surface area (Å²) in [5.74, 6) is 0. The first-order valence-electron chi connectivity index (χ1n) is 4.59. The van der Waals surface area contributed by atoms with Crippen molar-refractivity contribution in [3.8, 4) is 0 Å². The summed E-state index contributed by atoms with van der Waals surface area (Å²) >= 11 is 2.49. The molecule has 0 atom stereocenters. The molecule has 0 heterocycles. The van der Waals surface area contributed by atoms with Crippen LogP contribution >= 0.6 is 22.6 Å². The van der Waals surface area contributed by atoms with E-state index in [9.17, 15) is 0 Å². The molecule has 1 heteroatoms. The second kappa shape index (κ2) is 3.60. The van der Waals surface area contributed by atoms with Gasteiger partial charge in [-0.1, -0.05) is 34.7 Å². The van der Waals surface area contributed by atoms with E-state index in [1.165, 1.54) is 22.3 Å². The van der Waals surface area contributed by atoms with Crippen molar-refractivity contribution in [1.29, 1.82) is 0 Å². The molecule has 13 heavy (non-hydrogen) atoms. The van der Waals surface area contributed by atoms with Crippen LogP contribution in [-0.2, 0) is 3.42 Å². The van der Waals surface area contributed by atoms with Gasteiger partial charge in [0, 0.05) is 3.42 Å². The summed E-state index contributed by atoms with van der Waals surface area (Å²) in [4.78, 5) is 0. The summed E-state index contributed by atoms with van der Waals surface area (Å²) < 4.78 is 0.237. The van der Waals surface area contributed by atoms with Crippen LogP contribution in [0.5, 0.6) is 0 Å². The molecule has 0 bridgehead atoms. The monoisotopic (exact) mass is 288 g/mol. The first-order valence-corrected chi connectivity index (χ1v) is 5.67. The first kappa shape index (κ1) is 11.0. The normalized spacial score (nSPS) is 11.8. The molecule has 0 amide bonds. The highest BCUT2D eigenvalue weighted by atomic mass is 127. The van der Waals surface area contributed by atoms with Gasteiger partial charge in [-0.15, -0.1) is 0 Å². The van der Waals surface area contributed by atoms with Gasteiger partial charge in [-0.3, -0.25) is 0 Å². The summed E-state index contributed by atoms with van der Waals surface area (Å²) in [6.45, 7) is 11.1. The molecule has 0 saturated heterocycles. The maximum atomic E-state index is 2.49. The van der Waals surface area contributed by atoms with Gasteiger partial charge in [0.25, 0.3) is 0 Å². The Hall–Kier alpha value is -0.0500. The van der Waals surface area contributed by atoms with Gasteiger partial charge in [0.2, 0.25) is 0 Å². The van der Waals surface area contributed by atoms with Crippen LogP contribution < -0.4 is 0 Å². The van der Waals surface area contributed by atoms with E-state index in [0.29, 0.717) is 0 Å². The smallest absolute Gasteiger partial charge is 0.0414 e. The lowest BCUT2D eigenvalue weighted by atomic mass is 9.95. The molecule has 1 aromatic rings. The van der Waals surface area contributed by atoms with Gasteiger partial charge in [-0.05, 0) is 56.9 Å². The largest absolute Gasteiger partial charge is 0.0743 e. The zero-order valence-corrected chi connectivity index (χ0v) is 11.2. The van der Waals surface area contributed by atoms with Crippen molar-refractivity contribution in [3.05, 3.63) is 34.4 Å². The van der Waals surface area contributed by atoms with E-state index in [1.807, 2.05) is 0 Å². The summed E-state index contributed by atoms with van der Waals surface area (Å²) in [7, 11) is 0. The lowest BCUT2D eigenvalue weighted by Crippen LogP contribution is -2.07. The van der Waals surface area contributed by atoms with E-state index >= 15 is 0 Å². The fourth-order valence-electron chi connectivity index (χ4n) is 1.38. The van der Waals surface area contributed by atoms with Crippen molar-refractivity contribution in [2.45, 2.75) is 38.0 Å². The number of rotatable bonds is 1. The Balaban J connectivity index is 3.29. The molecule has 0 saturated carbocycles. The molecule has 0 nitrogen and oxygen atoms in total. The van der Waals surface area contributed by atoms with Gasteiger partial charge in [-0.25, -0.2) is 0 Å². The average molecular weight is 288 g/mol. The van der Waals surface area contributed by atoms with Gasteiger partial charge >= 0.3 is 0 Å². The van der Waals surface area contributed by atoms with Gasteiger partial charge in [0.1, 0.15) is 0 Å². The van der Waals surface area contributed by atoms with Crippen LogP contribution in [0.3, 0.4) is 0 Å². The molecule has 0 aromatic heterocycles. The molecule has 0 aliphatic heterocycles. The second-order valence-electron chi connectivity index (χ2n) is 4.21. The number of benzene rings is 1. The molecule has 0 N–H and O–H groups in total. The Morgan fingerprint density at radius 3 is 1.69 bits per heavy atom. The molecular weight excluding hydrogens is 271 g/mol. The van der Waals surface area contributed by atoms with Crippen molar-refractivity contribution >= 4 is 22.6 Å². The van der Waals surface area contributed by atoms with E-state index in [1.54, 1.807) is 0 Å². The Morgan fingerprint density at radius 1 is 1.00 bits per heavy atom. The minimum absolute atomic E-state index is 0.237. The minimum Gasteiger partial charge on any atom is -0.0743 e. The van der Waals surface area contributed by atoms with Crippen molar-refractivity contribution in [3.63, 3.8) is 0 Å². The van der Waals surface area contributed by atoms with Crippen LogP contribution in [0.25, 0.3) is 0 Å². The molecule has 0 fully saturated rings. The fourth-order valence-corrected chi connectivity index (χ4v) is 1.69. The third kappa shape index (κ3) is 2.46. The lowest BCUT2D eigenvalue weighted by Gasteiger charge is -2.19. The molecule has 0 aliphatic rings. The van der Waals surface area contributed by atoms with Gasteiger partial charge in [-0.2, -0.15) is 0 Å². The van der Waals surface area contributed by atoms with E-state index in [2.05, 4.69) is 69.3 Å². The third-order valence-corrected chi connectivity index (χ3v) is 3.24. The van der Waals surface area contributed by atoms with Crippen LogP contribution in [0.1, 0.15) is 36.1 Å². The summed E-state index contributed by atoms with van der Waals surface area (Å²) in [5.41, 5.74) is 5.65. The van der Waals surface area contributed by atoms with E-state index < -0.39 is 0 Å². The summed E-state index contributed by atoms with van der Waals surface area (Å²) in [6.07, 6.45) is 0. The molecule has 0 unspecified atom stereocenters. The Morgan fingerprint density at radius 2 is 1.38 bits per heavy atom. The number of alkyl halides is 1. The van der Waals surface area contributed by atoms with Crippen LogP contribution in [0.15, 0.2) is 12.1 Å². The highest BCUT2D eigenvalue weighted by Gasteiger charge is 2.16. The quantitative estimate of drug-likeness (QED) is 0.534. The van der Waals surface area contributed by atoms with E-state index in [-0.39, 0.29) is 3.42 Å². The van der Waals surface area contributed by atoms with E-state index in [0.717, 1.165) is 0 Å². The topological polar surface area (TPSA) is 0 Å². The van der Waals surface area contributed by atoms with Crippen LogP contribution in [0.2, 0.25) is 0 Å². The number of hydrogen-bond donors (Lipinski definition) is 0. The number of hydrogen-bond acceptors (Lipinski definition) is 0. The number of aryl methyl sites for hydroxylation is 2. The fraction of sp³-hybridized carbons (Fsp3) is 0.500. The summed E-state index contributed by atoms with van der Waals surface area (Å²) in [6, 6.07) is 4.60. The molecule has 0 aliphatic carbocycles. The maximum absolute atomic E-state index is 2.49. The first-order chi connectivity index (χ1) is 5.82. The zero-order valence-electron chi connectivity index (χ0n) is 9.03. The Kier molecular flexibility index (Phi) is 3.05. The standard InChI is InChI=1S/C12H17I/c1-8-6-11(12(4,5)13)7-9(2)10(8)3/h6-7H,1-5H3. The second-order valence-corrected chi connectivity index (χ2v) is 6.90. The van der Waals surface area contributed by atoms with Crippen LogP contribution in [-0.4, -0.2) is 0 Å². The molecular formula is C12H17I. The van der Waals surface area contributed by atoms with Crippen LogP contribution in [0.4, 0.5) is 0 Å². The van der Waals surface area contributed by atoms with Crippen LogP contribution in [0, 0.1) is 20.8 Å². The predicted molar refractivity (Wildman–Crippen MR) is 67.7 cm³/mol. The van der Waals surface area contributed by atoms with Crippen molar-refractivity contribution in [2.75, 3.05) is 0 Å². The predicted octanol–water partition coefficient (Wildman–Crippen LogP) is 4.28. The van der Waals surface area contributed by atoms with E-state index in [4.69, 9.17) is 0 Å². The Bertz CT molecular complexity index is 295. The molecule has 72 valence electrons. The van der Waals surface area contributed by atoms with Crippen molar-refractivity contribution in [2.24, 2.45) is 0 Å². The maximum Gasteiger partial charge on any atom is 0.0414 e. The molecule has 0 radical (unpaired) electrons. The lowest BCUT2D eigenvalue weighted by molar-refractivity contribution is 0.822. The third-order valence-electron chi connectivity index (χ3n) is 2.61. The Labute approximate surface area is 94.9 Å².